The topological polar surface area (TPSA) is 49.8 Å². The van der Waals surface area contributed by atoms with Gasteiger partial charge in [0.1, 0.15) is 5.78 Å². The summed E-state index contributed by atoms with van der Waals surface area (Å²) in [6.07, 6.45) is 11.1. The first-order valence-electron chi connectivity index (χ1n) is 14.2. The van der Waals surface area contributed by atoms with Gasteiger partial charge >= 0.3 is 0 Å². The predicted octanol–water partition coefficient (Wildman–Crippen LogP) is 6.42. The van der Waals surface area contributed by atoms with Crippen molar-refractivity contribution in [1.82, 2.24) is 0 Å². The van der Waals surface area contributed by atoms with Crippen molar-refractivity contribution in [2.24, 2.45) is 56.7 Å². The molecule has 5 aliphatic carbocycles. The molecular formula is C30H48O3. The maximum atomic E-state index is 12.9. The summed E-state index contributed by atoms with van der Waals surface area (Å²) < 4.78 is 6.02. The van der Waals surface area contributed by atoms with Gasteiger partial charge in [0.05, 0.1) is 18.3 Å². The number of epoxide rings is 1. The molecule has 186 valence electrons. The summed E-state index contributed by atoms with van der Waals surface area (Å²) in [4.78, 5) is 12.9. The Morgan fingerprint density at radius 1 is 0.970 bits per heavy atom. The molecule has 0 bridgehead atoms. The standard InChI is InChI=1S/C30H48O3/c1-17(2)25-20(33-25)14-18(3)24-19(31)15-28(7)22-9-8-21-26(4,5)23(32)10-11-29(21)16-30(22,29)13-12-27(24,28)6/h17-22,24-25,31H,8-16H2,1-7H3. The number of aliphatic hydroxyl groups excluding tert-OH is 1. The van der Waals surface area contributed by atoms with E-state index in [-0.39, 0.29) is 22.3 Å². The Balaban J connectivity index is 1.28. The molecular weight excluding hydrogens is 408 g/mol. The number of hydrogen-bond acceptors (Lipinski definition) is 3. The Hall–Kier alpha value is -0.410. The molecule has 5 saturated carbocycles. The van der Waals surface area contributed by atoms with Gasteiger partial charge in [-0.05, 0) is 103 Å². The molecule has 1 N–H and O–H groups in total. The first-order chi connectivity index (χ1) is 15.3. The fraction of sp³-hybridized carbons (Fsp3) is 0.967. The number of ether oxygens (including phenoxy) is 1. The van der Waals surface area contributed by atoms with Crippen molar-refractivity contribution in [3.63, 3.8) is 0 Å². The minimum atomic E-state index is -0.182. The van der Waals surface area contributed by atoms with Gasteiger partial charge in [0.15, 0.2) is 0 Å². The van der Waals surface area contributed by atoms with Crippen molar-refractivity contribution in [2.75, 3.05) is 0 Å². The van der Waals surface area contributed by atoms with Crippen LogP contribution < -0.4 is 0 Å². The van der Waals surface area contributed by atoms with E-state index >= 15 is 0 Å². The highest BCUT2D eigenvalue weighted by Crippen LogP contribution is 2.88. The van der Waals surface area contributed by atoms with Crippen molar-refractivity contribution in [1.29, 1.82) is 0 Å². The molecule has 11 atom stereocenters. The molecule has 2 spiro atoms. The number of fused-ring (bicyclic) bond motifs is 2. The molecule has 0 amide bonds. The summed E-state index contributed by atoms with van der Waals surface area (Å²) in [5, 5.41) is 11.6. The summed E-state index contributed by atoms with van der Waals surface area (Å²) in [7, 11) is 0. The molecule has 1 heterocycles. The Bertz CT molecular complexity index is 863. The lowest BCUT2D eigenvalue weighted by atomic mass is 9.42. The van der Waals surface area contributed by atoms with Gasteiger partial charge < -0.3 is 9.84 Å². The van der Waals surface area contributed by atoms with Gasteiger partial charge in [-0.15, -0.1) is 0 Å². The van der Waals surface area contributed by atoms with Gasteiger partial charge in [-0.2, -0.15) is 0 Å². The highest BCUT2D eigenvalue weighted by atomic mass is 16.6. The van der Waals surface area contributed by atoms with E-state index in [1.54, 1.807) is 0 Å². The number of ketones is 1. The molecule has 6 aliphatic rings. The summed E-state index contributed by atoms with van der Waals surface area (Å²) in [6, 6.07) is 0. The van der Waals surface area contributed by atoms with E-state index in [1.807, 2.05) is 0 Å². The third kappa shape index (κ3) is 2.63. The van der Waals surface area contributed by atoms with E-state index in [0.29, 0.717) is 52.5 Å². The number of aliphatic hydroxyl groups is 1. The van der Waals surface area contributed by atoms with Crippen molar-refractivity contribution in [3.05, 3.63) is 0 Å². The van der Waals surface area contributed by atoms with Crippen LogP contribution in [0.2, 0.25) is 0 Å². The quantitative estimate of drug-likeness (QED) is 0.497. The lowest BCUT2D eigenvalue weighted by molar-refractivity contribution is -0.157. The lowest BCUT2D eigenvalue weighted by Crippen LogP contribution is -2.57. The van der Waals surface area contributed by atoms with Gasteiger partial charge in [-0.3, -0.25) is 4.79 Å². The molecule has 0 aromatic rings. The average Bonchev–Trinajstić information content (AvgIpc) is 3.60. The van der Waals surface area contributed by atoms with Gasteiger partial charge in [0, 0.05) is 11.8 Å². The maximum Gasteiger partial charge on any atom is 0.138 e. The highest BCUT2D eigenvalue weighted by Gasteiger charge is 2.82. The van der Waals surface area contributed by atoms with Crippen LogP contribution in [0.3, 0.4) is 0 Å². The third-order valence-electron chi connectivity index (χ3n) is 13.4. The molecule has 11 unspecified atom stereocenters. The minimum absolute atomic E-state index is 0.141. The zero-order chi connectivity index (χ0) is 23.8. The normalized spacial score (nSPS) is 57.1. The number of carbonyl (C=O) groups is 1. The van der Waals surface area contributed by atoms with Crippen LogP contribution in [0.25, 0.3) is 0 Å². The van der Waals surface area contributed by atoms with E-state index in [2.05, 4.69) is 48.5 Å². The second-order valence-electron chi connectivity index (χ2n) is 15.0. The van der Waals surface area contributed by atoms with E-state index in [9.17, 15) is 9.90 Å². The average molecular weight is 457 g/mol. The fourth-order valence-electron chi connectivity index (χ4n) is 11.7. The molecule has 3 nitrogen and oxygen atoms in total. The second kappa shape index (κ2) is 6.67. The van der Waals surface area contributed by atoms with E-state index in [0.717, 1.165) is 31.6 Å². The smallest absolute Gasteiger partial charge is 0.138 e. The summed E-state index contributed by atoms with van der Waals surface area (Å²) in [5.41, 5.74) is 1.14. The fourth-order valence-corrected chi connectivity index (χ4v) is 11.7. The monoisotopic (exact) mass is 456 g/mol. The van der Waals surface area contributed by atoms with Crippen molar-refractivity contribution < 1.29 is 14.6 Å². The largest absolute Gasteiger partial charge is 0.393 e. The van der Waals surface area contributed by atoms with Crippen molar-refractivity contribution >= 4 is 5.78 Å². The van der Waals surface area contributed by atoms with Gasteiger partial charge in [-0.25, -0.2) is 0 Å². The van der Waals surface area contributed by atoms with Crippen LogP contribution >= 0.6 is 0 Å². The van der Waals surface area contributed by atoms with Crippen LogP contribution in [-0.2, 0) is 9.53 Å². The Morgan fingerprint density at radius 3 is 2.30 bits per heavy atom. The van der Waals surface area contributed by atoms with Crippen LogP contribution in [0.4, 0.5) is 0 Å². The first kappa shape index (κ1) is 23.0. The molecule has 33 heavy (non-hydrogen) atoms. The zero-order valence-electron chi connectivity index (χ0n) is 22.2. The molecule has 6 rings (SSSR count). The van der Waals surface area contributed by atoms with Crippen LogP contribution in [0.15, 0.2) is 0 Å². The van der Waals surface area contributed by atoms with E-state index in [4.69, 9.17) is 4.74 Å². The molecule has 6 fully saturated rings. The van der Waals surface area contributed by atoms with E-state index in [1.165, 1.54) is 32.1 Å². The van der Waals surface area contributed by atoms with Gasteiger partial charge in [0.25, 0.3) is 0 Å². The third-order valence-corrected chi connectivity index (χ3v) is 13.4. The van der Waals surface area contributed by atoms with Gasteiger partial charge in [-0.1, -0.05) is 48.5 Å². The first-order valence-corrected chi connectivity index (χ1v) is 14.2. The molecule has 1 aliphatic heterocycles. The molecule has 0 aromatic carbocycles. The number of rotatable bonds is 4. The lowest BCUT2D eigenvalue weighted by Gasteiger charge is -2.62. The summed E-state index contributed by atoms with van der Waals surface area (Å²) in [5.74, 6) is 3.29. The molecule has 3 heteroatoms. The van der Waals surface area contributed by atoms with Crippen molar-refractivity contribution in [3.8, 4) is 0 Å². The SMILES string of the molecule is CC(C)C1OC1CC(C)C1C(O)CC2(C)C3CCC4C(C)(C)C(=O)CCC45CC35CCC12C. The number of Topliss-reactive ketones (excluding diaryl/α,β-unsaturated/α-hetero) is 1. The molecule has 0 aromatic heterocycles. The summed E-state index contributed by atoms with van der Waals surface area (Å²) >= 11 is 0. The summed E-state index contributed by atoms with van der Waals surface area (Å²) in [6.45, 7) is 16.6. The number of carbonyl (C=O) groups excluding carboxylic acids is 1. The Morgan fingerprint density at radius 2 is 1.64 bits per heavy atom. The Labute approximate surface area is 201 Å². The number of hydrogen-bond donors (Lipinski definition) is 1. The molecule has 1 saturated heterocycles. The predicted molar refractivity (Wildman–Crippen MR) is 131 cm³/mol. The second-order valence-corrected chi connectivity index (χ2v) is 15.0. The van der Waals surface area contributed by atoms with E-state index < -0.39 is 0 Å². The van der Waals surface area contributed by atoms with Crippen LogP contribution in [0.5, 0.6) is 0 Å². The van der Waals surface area contributed by atoms with Crippen LogP contribution in [-0.4, -0.2) is 29.2 Å². The van der Waals surface area contributed by atoms with Crippen LogP contribution in [0.1, 0.15) is 106 Å². The van der Waals surface area contributed by atoms with Crippen molar-refractivity contribution in [2.45, 2.75) is 125 Å². The Kier molecular flexibility index (Phi) is 4.65. The highest BCUT2D eigenvalue weighted by molar-refractivity contribution is 5.86. The molecule has 0 radical (unpaired) electrons. The maximum absolute atomic E-state index is 12.9. The zero-order valence-corrected chi connectivity index (χ0v) is 22.2. The minimum Gasteiger partial charge on any atom is -0.393 e. The van der Waals surface area contributed by atoms with Crippen LogP contribution in [0, 0.1) is 56.7 Å². The van der Waals surface area contributed by atoms with Gasteiger partial charge in [0.2, 0.25) is 0 Å².